The predicted molar refractivity (Wildman–Crippen MR) is 68.8 cm³/mol. The van der Waals surface area contributed by atoms with Crippen molar-refractivity contribution in [1.29, 1.82) is 0 Å². The molecule has 2 rings (SSSR count). The fourth-order valence-corrected chi connectivity index (χ4v) is 2.71. The summed E-state index contributed by atoms with van der Waals surface area (Å²) < 4.78 is 0.696. The van der Waals surface area contributed by atoms with Crippen molar-refractivity contribution in [1.82, 2.24) is 0 Å². The fourth-order valence-electron chi connectivity index (χ4n) is 1.39. The van der Waals surface area contributed by atoms with E-state index in [0.29, 0.717) is 21.3 Å². The monoisotopic (exact) mass is 270 g/mol. The molecule has 0 aliphatic heterocycles. The van der Waals surface area contributed by atoms with Crippen molar-refractivity contribution < 1.29 is 4.79 Å². The van der Waals surface area contributed by atoms with Gasteiger partial charge in [0, 0.05) is 16.9 Å². The highest BCUT2D eigenvalue weighted by Crippen LogP contribution is 2.24. The third-order valence-electron chi connectivity index (χ3n) is 2.14. The largest absolute Gasteiger partial charge is 0.294 e. The van der Waals surface area contributed by atoms with Crippen LogP contribution >= 0.6 is 34.5 Å². The normalized spacial score (nSPS) is 10.4. The highest BCUT2D eigenvalue weighted by atomic mass is 35.5. The standard InChI is InChI=1S/C12H8Cl2OS/c13-10-4-2-1-3-9(10)11(15)7-8-5-6-12(14)16-8/h1-6H,7H2. The van der Waals surface area contributed by atoms with Crippen LogP contribution in [0.15, 0.2) is 36.4 Å². The summed E-state index contributed by atoms with van der Waals surface area (Å²) in [4.78, 5) is 12.9. The van der Waals surface area contributed by atoms with Crippen LogP contribution in [0.4, 0.5) is 0 Å². The molecule has 0 saturated carbocycles. The molecule has 0 bridgehead atoms. The van der Waals surface area contributed by atoms with E-state index in [4.69, 9.17) is 23.2 Å². The number of hydrogen-bond donors (Lipinski definition) is 0. The number of benzene rings is 1. The van der Waals surface area contributed by atoms with Crippen LogP contribution in [0.1, 0.15) is 15.2 Å². The minimum absolute atomic E-state index is 0.0177. The second-order valence-corrected chi connectivity index (χ2v) is 5.49. The molecule has 0 aliphatic carbocycles. The highest BCUT2D eigenvalue weighted by molar-refractivity contribution is 7.16. The smallest absolute Gasteiger partial charge is 0.169 e. The number of Topliss-reactive ketones (excluding diaryl/α,β-unsaturated/α-hetero) is 1. The van der Waals surface area contributed by atoms with Crippen molar-refractivity contribution in [3.05, 3.63) is 56.2 Å². The first kappa shape index (κ1) is 11.6. The van der Waals surface area contributed by atoms with Crippen LogP contribution in [0, 0.1) is 0 Å². The Balaban J connectivity index is 2.18. The number of thiophene rings is 1. The quantitative estimate of drug-likeness (QED) is 0.752. The molecular weight excluding hydrogens is 263 g/mol. The molecule has 0 unspecified atom stereocenters. The Kier molecular flexibility index (Phi) is 3.64. The van der Waals surface area contributed by atoms with Crippen molar-refractivity contribution in [3.63, 3.8) is 0 Å². The lowest BCUT2D eigenvalue weighted by Crippen LogP contribution is -2.02. The highest BCUT2D eigenvalue weighted by Gasteiger charge is 2.11. The summed E-state index contributed by atoms with van der Waals surface area (Å²) in [7, 11) is 0. The lowest BCUT2D eigenvalue weighted by molar-refractivity contribution is 0.0994. The Morgan fingerprint density at radius 2 is 1.88 bits per heavy atom. The summed E-state index contributed by atoms with van der Waals surface area (Å²) in [6, 6.07) is 10.7. The summed E-state index contributed by atoms with van der Waals surface area (Å²) in [5.74, 6) is 0.0177. The first-order valence-corrected chi connectivity index (χ1v) is 6.26. The van der Waals surface area contributed by atoms with Crippen molar-refractivity contribution in [2.24, 2.45) is 0 Å². The maximum atomic E-state index is 11.9. The molecule has 0 radical (unpaired) electrons. The second-order valence-electron chi connectivity index (χ2n) is 3.29. The first-order valence-electron chi connectivity index (χ1n) is 4.69. The number of carbonyl (C=O) groups is 1. The van der Waals surface area contributed by atoms with Crippen LogP contribution < -0.4 is 0 Å². The van der Waals surface area contributed by atoms with Gasteiger partial charge in [0.05, 0.1) is 9.36 Å². The summed E-state index contributed by atoms with van der Waals surface area (Å²) in [6.45, 7) is 0. The Labute approximate surface area is 108 Å². The van der Waals surface area contributed by atoms with E-state index < -0.39 is 0 Å². The van der Waals surface area contributed by atoms with Crippen molar-refractivity contribution in [3.8, 4) is 0 Å². The van der Waals surface area contributed by atoms with E-state index in [9.17, 15) is 4.79 Å². The summed E-state index contributed by atoms with van der Waals surface area (Å²) >= 11 is 13.2. The van der Waals surface area contributed by atoms with Crippen LogP contribution in [0.25, 0.3) is 0 Å². The van der Waals surface area contributed by atoms with E-state index in [1.165, 1.54) is 11.3 Å². The minimum Gasteiger partial charge on any atom is -0.294 e. The maximum absolute atomic E-state index is 11.9. The van der Waals surface area contributed by atoms with Gasteiger partial charge in [0.15, 0.2) is 5.78 Å². The Bertz CT molecular complexity index is 519. The molecule has 0 fully saturated rings. The fraction of sp³-hybridized carbons (Fsp3) is 0.0833. The van der Waals surface area contributed by atoms with Crippen molar-refractivity contribution in [2.75, 3.05) is 0 Å². The van der Waals surface area contributed by atoms with Crippen LogP contribution in [0.2, 0.25) is 9.36 Å². The lowest BCUT2D eigenvalue weighted by atomic mass is 10.1. The van der Waals surface area contributed by atoms with Crippen LogP contribution in [0.3, 0.4) is 0 Å². The molecule has 0 aliphatic rings. The number of halogens is 2. The van der Waals surface area contributed by atoms with E-state index in [2.05, 4.69) is 0 Å². The maximum Gasteiger partial charge on any atom is 0.169 e. The Morgan fingerprint density at radius 1 is 1.12 bits per heavy atom. The molecule has 0 saturated heterocycles. The summed E-state index contributed by atoms with van der Waals surface area (Å²) in [5, 5.41) is 0.496. The SMILES string of the molecule is O=C(Cc1ccc(Cl)s1)c1ccccc1Cl. The van der Waals surface area contributed by atoms with Gasteiger partial charge in [0.2, 0.25) is 0 Å². The number of rotatable bonds is 3. The number of ketones is 1. The average molecular weight is 271 g/mol. The predicted octanol–water partition coefficient (Wildman–Crippen LogP) is 4.48. The molecule has 1 aromatic heterocycles. The first-order chi connectivity index (χ1) is 7.66. The molecular formula is C12H8Cl2OS. The van der Waals surface area contributed by atoms with Gasteiger partial charge in [0.1, 0.15) is 0 Å². The zero-order valence-corrected chi connectivity index (χ0v) is 10.6. The molecule has 4 heteroatoms. The second kappa shape index (κ2) is 5.00. The lowest BCUT2D eigenvalue weighted by Gasteiger charge is -2.01. The molecule has 2 aromatic rings. The number of carbonyl (C=O) groups excluding carboxylic acids is 1. The molecule has 0 spiro atoms. The van der Waals surface area contributed by atoms with E-state index in [0.717, 1.165) is 4.88 Å². The van der Waals surface area contributed by atoms with Gasteiger partial charge in [-0.1, -0.05) is 35.3 Å². The van der Waals surface area contributed by atoms with Crippen LogP contribution in [-0.2, 0) is 6.42 Å². The van der Waals surface area contributed by atoms with E-state index in [-0.39, 0.29) is 5.78 Å². The number of hydrogen-bond acceptors (Lipinski definition) is 2. The van der Waals surface area contributed by atoms with Gasteiger partial charge >= 0.3 is 0 Å². The zero-order chi connectivity index (χ0) is 11.5. The zero-order valence-electron chi connectivity index (χ0n) is 8.24. The minimum atomic E-state index is 0.0177. The van der Waals surface area contributed by atoms with Crippen molar-refractivity contribution >= 4 is 40.3 Å². The van der Waals surface area contributed by atoms with E-state index >= 15 is 0 Å². The Hall–Kier alpha value is -0.830. The van der Waals surface area contributed by atoms with Gasteiger partial charge < -0.3 is 0 Å². The van der Waals surface area contributed by atoms with Crippen LogP contribution in [0.5, 0.6) is 0 Å². The van der Waals surface area contributed by atoms with Crippen molar-refractivity contribution in [2.45, 2.75) is 6.42 Å². The summed E-state index contributed by atoms with van der Waals surface area (Å²) in [6.07, 6.45) is 0.348. The van der Waals surface area contributed by atoms with Gasteiger partial charge in [-0.25, -0.2) is 0 Å². The molecule has 1 heterocycles. The van der Waals surface area contributed by atoms with Gasteiger partial charge in [0.25, 0.3) is 0 Å². The average Bonchev–Trinajstić information content (AvgIpc) is 2.64. The van der Waals surface area contributed by atoms with Gasteiger partial charge in [-0.2, -0.15) is 0 Å². The summed E-state index contributed by atoms with van der Waals surface area (Å²) in [5.41, 5.74) is 0.564. The molecule has 0 N–H and O–H groups in total. The molecule has 82 valence electrons. The molecule has 16 heavy (non-hydrogen) atoms. The van der Waals surface area contributed by atoms with Gasteiger partial charge in [-0.3, -0.25) is 4.79 Å². The third-order valence-corrected chi connectivity index (χ3v) is 3.70. The molecule has 0 amide bonds. The van der Waals surface area contributed by atoms with Gasteiger partial charge in [-0.05, 0) is 24.3 Å². The van der Waals surface area contributed by atoms with E-state index in [1.807, 2.05) is 6.07 Å². The third kappa shape index (κ3) is 2.64. The van der Waals surface area contributed by atoms with Gasteiger partial charge in [-0.15, -0.1) is 11.3 Å². The topological polar surface area (TPSA) is 17.1 Å². The molecule has 1 aromatic carbocycles. The Morgan fingerprint density at radius 3 is 2.50 bits per heavy atom. The molecule has 1 nitrogen and oxygen atoms in total. The van der Waals surface area contributed by atoms with Crippen LogP contribution in [-0.4, -0.2) is 5.78 Å². The van der Waals surface area contributed by atoms with E-state index in [1.54, 1.807) is 30.3 Å². The molecule has 0 atom stereocenters.